The fraction of sp³-hybridized carbons (Fsp3) is 0.520. The molecule has 0 spiro atoms. The van der Waals surface area contributed by atoms with Crippen molar-refractivity contribution in [1.29, 1.82) is 0 Å². The second-order valence-electron chi connectivity index (χ2n) is 8.14. The van der Waals surface area contributed by atoms with Crippen LogP contribution in [0, 0.1) is 5.92 Å². The van der Waals surface area contributed by atoms with E-state index in [1.807, 2.05) is 35.3 Å². The minimum absolute atomic E-state index is 0.0207. The summed E-state index contributed by atoms with van der Waals surface area (Å²) in [7, 11) is 0. The van der Waals surface area contributed by atoms with Crippen LogP contribution in [0.2, 0.25) is 0 Å². The van der Waals surface area contributed by atoms with E-state index in [-0.39, 0.29) is 24.3 Å². The number of aryl methyl sites for hydroxylation is 1. The molecule has 0 bridgehead atoms. The molecule has 3 atom stereocenters. The number of likely N-dealkylation sites (tertiary alicyclic amines) is 1. The van der Waals surface area contributed by atoms with Gasteiger partial charge in [0, 0.05) is 19.4 Å². The number of hydrogen-bond acceptors (Lipinski definition) is 3. The molecule has 0 saturated carbocycles. The first-order valence-electron chi connectivity index (χ1n) is 11.0. The van der Waals surface area contributed by atoms with E-state index in [0.29, 0.717) is 25.8 Å². The summed E-state index contributed by atoms with van der Waals surface area (Å²) in [5.41, 5.74) is 1.32. The number of amides is 1. The van der Waals surface area contributed by atoms with Gasteiger partial charge >= 0.3 is 5.97 Å². The van der Waals surface area contributed by atoms with Gasteiger partial charge in [-0.2, -0.15) is 0 Å². The highest BCUT2D eigenvalue weighted by Crippen LogP contribution is 2.21. The summed E-state index contributed by atoms with van der Waals surface area (Å²) in [6.45, 7) is 2.60. The highest BCUT2D eigenvalue weighted by atomic mass is 16.4. The quantitative estimate of drug-likeness (QED) is 0.372. The molecule has 5 heteroatoms. The predicted octanol–water partition coefficient (Wildman–Crippen LogP) is 4.36. The minimum Gasteiger partial charge on any atom is -0.481 e. The number of rotatable bonds is 13. The van der Waals surface area contributed by atoms with Crippen LogP contribution in [0.15, 0.2) is 54.6 Å². The standard InChI is InChI=1S/C25H35NO4/c1-20(10-9-13-21-11-5-4-6-12-21)23(27)17-15-22-16-18-24(28)26(22)19-8-3-2-7-14-25(29)30/h3-6,8,11-12,15,17,20,22-23,27H,2,7,9-10,13-14,16,18-19H2,1H3,(H,29,30)/t20-,22-,23+/m0/s1. The Morgan fingerprint density at radius 2 is 2.00 bits per heavy atom. The summed E-state index contributed by atoms with van der Waals surface area (Å²) in [6, 6.07) is 10.4. The van der Waals surface area contributed by atoms with Gasteiger partial charge in [0.2, 0.25) is 5.91 Å². The Hall–Kier alpha value is -2.40. The maximum atomic E-state index is 12.2. The van der Waals surface area contributed by atoms with Crippen molar-refractivity contribution in [3.8, 4) is 0 Å². The topological polar surface area (TPSA) is 77.8 Å². The predicted molar refractivity (Wildman–Crippen MR) is 119 cm³/mol. The van der Waals surface area contributed by atoms with E-state index in [1.54, 1.807) is 0 Å². The summed E-state index contributed by atoms with van der Waals surface area (Å²) < 4.78 is 0. The largest absolute Gasteiger partial charge is 0.481 e. The maximum absolute atomic E-state index is 12.2. The average Bonchev–Trinajstić information content (AvgIpc) is 3.08. The molecule has 1 heterocycles. The number of unbranched alkanes of at least 4 members (excludes halogenated alkanes) is 1. The van der Waals surface area contributed by atoms with E-state index in [2.05, 4.69) is 31.2 Å². The molecule has 1 aromatic rings. The third-order valence-electron chi connectivity index (χ3n) is 5.69. The third-order valence-corrected chi connectivity index (χ3v) is 5.69. The molecule has 1 amide bonds. The van der Waals surface area contributed by atoms with Crippen molar-refractivity contribution in [3.05, 3.63) is 60.2 Å². The van der Waals surface area contributed by atoms with E-state index in [1.165, 1.54) is 5.56 Å². The Labute approximate surface area is 180 Å². The van der Waals surface area contributed by atoms with Crippen molar-refractivity contribution in [2.75, 3.05) is 6.54 Å². The second-order valence-corrected chi connectivity index (χ2v) is 8.14. The molecular formula is C25H35NO4. The lowest BCUT2D eigenvalue weighted by Crippen LogP contribution is -2.32. The molecule has 2 N–H and O–H groups in total. The zero-order chi connectivity index (χ0) is 21.8. The van der Waals surface area contributed by atoms with Gasteiger partial charge in [-0.05, 0) is 50.0 Å². The van der Waals surface area contributed by atoms with Crippen LogP contribution in [0.1, 0.15) is 57.4 Å². The van der Waals surface area contributed by atoms with Crippen molar-refractivity contribution in [2.45, 2.75) is 70.4 Å². The highest BCUT2D eigenvalue weighted by Gasteiger charge is 2.28. The van der Waals surface area contributed by atoms with Crippen molar-refractivity contribution in [2.24, 2.45) is 5.92 Å². The Balaban J connectivity index is 1.74. The second kappa shape index (κ2) is 13.0. The molecule has 0 radical (unpaired) electrons. The average molecular weight is 414 g/mol. The number of nitrogens with zero attached hydrogens (tertiary/aromatic N) is 1. The first kappa shape index (κ1) is 23.9. The lowest BCUT2D eigenvalue weighted by atomic mass is 9.95. The number of aliphatic hydroxyl groups is 1. The Morgan fingerprint density at radius 1 is 1.23 bits per heavy atom. The zero-order valence-electron chi connectivity index (χ0n) is 18.0. The monoisotopic (exact) mass is 413 g/mol. The summed E-state index contributed by atoms with van der Waals surface area (Å²) in [4.78, 5) is 24.5. The molecular weight excluding hydrogens is 378 g/mol. The molecule has 5 nitrogen and oxygen atoms in total. The van der Waals surface area contributed by atoms with Crippen LogP contribution in [0.3, 0.4) is 0 Å². The third kappa shape index (κ3) is 8.54. The Bertz CT molecular complexity index is 713. The normalized spacial score (nSPS) is 19.1. The lowest BCUT2D eigenvalue weighted by molar-refractivity contribution is -0.137. The number of carbonyl (C=O) groups excluding carboxylic acids is 1. The summed E-state index contributed by atoms with van der Waals surface area (Å²) >= 11 is 0. The fourth-order valence-electron chi connectivity index (χ4n) is 3.75. The number of carboxylic acids is 1. The van der Waals surface area contributed by atoms with E-state index < -0.39 is 12.1 Å². The molecule has 0 aliphatic carbocycles. The van der Waals surface area contributed by atoms with Crippen LogP contribution >= 0.6 is 0 Å². The SMILES string of the molecule is C[C@@H](CCCc1ccccc1)[C@H](O)C=C[C@H]1CCC(=O)N1CC=CCCCC(=O)O. The lowest BCUT2D eigenvalue weighted by Gasteiger charge is -2.22. The van der Waals surface area contributed by atoms with Crippen molar-refractivity contribution in [3.63, 3.8) is 0 Å². The van der Waals surface area contributed by atoms with E-state index in [4.69, 9.17) is 5.11 Å². The van der Waals surface area contributed by atoms with E-state index >= 15 is 0 Å². The Kier molecular flexibility index (Phi) is 10.4. The summed E-state index contributed by atoms with van der Waals surface area (Å²) in [5.74, 6) is -0.481. The smallest absolute Gasteiger partial charge is 0.303 e. The highest BCUT2D eigenvalue weighted by molar-refractivity contribution is 5.79. The van der Waals surface area contributed by atoms with Crippen LogP contribution in [0.25, 0.3) is 0 Å². The molecule has 0 unspecified atom stereocenters. The molecule has 1 saturated heterocycles. The van der Waals surface area contributed by atoms with Gasteiger partial charge in [-0.3, -0.25) is 9.59 Å². The number of aliphatic hydroxyl groups excluding tert-OH is 1. The van der Waals surface area contributed by atoms with Crippen LogP contribution in [0.5, 0.6) is 0 Å². The Morgan fingerprint density at radius 3 is 2.73 bits per heavy atom. The molecule has 164 valence electrons. The van der Waals surface area contributed by atoms with Gasteiger partial charge in [0.05, 0.1) is 12.1 Å². The van der Waals surface area contributed by atoms with E-state index in [0.717, 1.165) is 25.7 Å². The number of carboxylic acid groups (broad SMARTS) is 1. The first-order valence-corrected chi connectivity index (χ1v) is 11.0. The van der Waals surface area contributed by atoms with Crippen LogP contribution in [-0.4, -0.2) is 45.7 Å². The van der Waals surface area contributed by atoms with Crippen molar-refractivity contribution < 1.29 is 19.8 Å². The van der Waals surface area contributed by atoms with Gasteiger partial charge in [-0.15, -0.1) is 0 Å². The van der Waals surface area contributed by atoms with Crippen molar-refractivity contribution >= 4 is 11.9 Å². The summed E-state index contributed by atoms with van der Waals surface area (Å²) in [5, 5.41) is 19.1. The zero-order valence-corrected chi connectivity index (χ0v) is 18.0. The van der Waals surface area contributed by atoms with Gasteiger partial charge in [-0.25, -0.2) is 0 Å². The minimum atomic E-state index is -0.781. The molecule has 1 aliphatic rings. The van der Waals surface area contributed by atoms with Gasteiger partial charge < -0.3 is 15.1 Å². The van der Waals surface area contributed by atoms with Crippen LogP contribution < -0.4 is 0 Å². The first-order chi connectivity index (χ1) is 14.5. The van der Waals surface area contributed by atoms with E-state index in [9.17, 15) is 14.7 Å². The molecule has 2 rings (SSSR count). The fourth-order valence-corrected chi connectivity index (χ4v) is 3.75. The maximum Gasteiger partial charge on any atom is 0.303 e. The number of benzene rings is 1. The van der Waals surface area contributed by atoms with Gasteiger partial charge in [0.25, 0.3) is 0 Å². The number of hydrogen-bond donors (Lipinski definition) is 2. The van der Waals surface area contributed by atoms with Crippen LogP contribution in [0.4, 0.5) is 0 Å². The van der Waals surface area contributed by atoms with Gasteiger partial charge in [0.1, 0.15) is 0 Å². The number of carbonyl (C=O) groups is 2. The summed E-state index contributed by atoms with van der Waals surface area (Å²) in [6.07, 6.45) is 13.0. The van der Waals surface area contributed by atoms with Crippen molar-refractivity contribution in [1.82, 2.24) is 4.90 Å². The molecule has 1 aromatic carbocycles. The van der Waals surface area contributed by atoms with Gasteiger partial charge in [-0.1, -0.05) is 61.6 Å². The van der Waals surface area contributed by atoms with Gasteiger partial charge in [0.15, 0.2) is 0 Å². The molecule has 30 heavy (non-hydrogen) atoms. The number of aliphatic carboxylic acids is 1. The number of allylic oxidation sites excluding steroid dienone is 1. The molecule has 0 aromatic heterocycles. The molecule has 1 fully saturated rings. The van der Waals surface area contributed by atoms with Crippen LogP contribution in [-0.2, 0) is 16.0 Å². The molecule has 1 aliphatic heterocycles.